The van der Waals surface area contributed by atoms with Crippen LogP contribution in [0.25, 0.3) is 0 Å². The molecule has 0 aromatic carbocycles. The number of alkyl halides is 1. The van der Waals surface area contributed by atoms with Crippen molar-refractivity contribution in [2.45, 2.75) is 44.0 Å². The van der Waals surface area contributed by atoms with Gasteiger partial charge in [-0.1, -0.05) is 0 Å². The van der Waals surface area contributed by atoms with Crippen molar-refractivity contribution in [2.75, 3.05) is 11.9 Å². The molecule has 1 aromatic rings. The Morgan fingerprint density at radius 2 is 2.26 bits per heavy atom. The maximum absolute atomic E-state index is 12.3. The van der Waals surface area contributed by atoms with Crippen LogP contribution in [0, 0.1) is 30.1 Å². The van der Waals surface area contributed by atoms with Gasteiger partial charge in [-0.15, -0.1) is 11.6 Å². The summed E-state index contributed by atoms with van der Waals surface area (Å²) in [5.41, 5.74) is 1.27. The summed E-state index contributed by atoms with van der Waals surface area (Å²) >= 11 is 6.27. The quantitative estimate of drug-likeness (QED) is 0.834. The van der Waals surface area contributed by atoms with E-state index in [-0.39, 0.29) is 17.2 Å². The van der Waals surface area contributed by atoms with E-state index in [0.717, 1.165) is 25.7 Å². The molecule has 1 amide bonds. The highest BCUT2D eigenvalue weighted by molar-refractivity contribution is 6.20. The number of nitrogens with one attached hydrogen (secondary N) is 2. The van der Waals surface area contributed by atoms with Crippen LogP contribution in [0.4, 0.5) is 5.82 Å². The monoisotopic (exact) mass is 332 g/mol. The fraction of sp³-hybridized carbons (Fsp3) is 0.588. The van der Waals surface area contributed by atoms with Crippen molar-refractivity contribution in [1.82, 2.24) is 10.3 Å². The molecular formula is C17H21ClN4O. The highest BCUT2D eigenvalue weighted by atomic mass is 35.5. The molecule has 1 aliphatic carbocycles. The molecule has 1 aliphatic heterocycles. The van der Waals surface area contributed by atoms with Gasteiger partial charge in [0.25, 0.3) is 0 Å². The van der Waals surface area contributed by atoms with Crippen LogP contribution in [0.1, 0.15) is 36.9 Å². The van der Waals surface area contributed by atoms with E-state index in [0.29, 0.717) is 35.6 Å². The summed E-state index contributed by atoms with van der Waals surface area (Å²) in [6, 6.07) is 5.93. The van der Waals surface area contributed by atoms with Crippen LogP contribution in [0.5, 0.6) is 0 Å². The summed E-state index contributed by atoms with van der Waals surface area (Å²) in [5.74, 6) is 1.25. The highest BCUT2D eigenvalue weighted by Gasteiger charge is 2.38. The van der Waals surface area contributed by atoms with Gasteiger partial charge < -0.3 is 10.6 Å². The zero-order valence-corrected chi connectivity index (χ0v) is 13.9. The number of aromatic nitrogens is 1. The van der Waals surface area contributed by atoms with E-state index in [2.05, 4.69) is 21.7 Å². The van der Waals surface area contributed by atoms with Gasteiger partial charge in [-0.25, -0.2) is 4.98 Å². The maximum Gasteiger partial charge on any atom is 0.225 e. The van der Waals surface area contributed by atoms with E-state index < -0.39 is 0 Å². The average molecular weight is 333 g/mol. The molecule has 2 aliphatic rings. The Balaban J connectivity index is 1.60. The van der Waals surface area contributed by atoms with Crippen molar-refractivity contribution in [1.29, 1.82) is 5.26 Å². The van der Waals surface area contributed by atoms with Crippen LogP contribution < -0.4 is 10.6 Å². The van der Waals surface area contributed by atoms with Crippen LogP contribution >= 0.6 is 11.6 Å². The molecule has 2 fully saturated rings. The SMILES string of the molecule is Cc1nc(NCC2CC3CC(Cl)CCC3NC2=O)ccc1C#N. The number of pyridine rings is 1. The molecule has 1 saturated carbocycles. The number of halogens is 1. The summed E-state index contributed by atoms with van der Waals surface area (Å²) in [4.78, 5) is 16.6. The second kappa shape index (κ2) is 6.76. The molecule has 5 nitrogen and oxygen atoms in total. The number of fused-ring (bicyclic) bond motifs is 1. The molecule has 23 heavy (non-hydrogen) atoms. The van der Waals surface area contributed by atoms with Crippen LogP contribution in [0.2, 0.25) is 0 Å². The van der Waals surface area contributed by atoms with Crippen molar-refractivity contribution in [3.63, 3.8) is 0 Å². The second-order valence-corrected chi connectivity index (χ2v) is 7.16. The van der Waals surface area contributed by atoms with Crippen LogP contribution in [-0.2, 0) is 4.79 Å². The molecule has 0 radical (unpaired) electrons. The lowest BCUT2D eigenvalue weighted by atomic mass is 9.75. The smallest absolute Gasteiger partial charge is 0.225 e. The third-order valence-corrected chi connectivity index (χ3v) is 5.34. The fourth-order valence-corrected chi connectivity index (χ4v) is 3.97. The minimum absolute atomic E-state index is 0.0593. The van der Waals surface area contributed by atoms with E-state index in [4.69, 9.17) is 16.9 Å². The normalized spacial score (nSPS) is 30.0. The molecule has 0 spiro atoms. The summed E-state index contributed by atoms with van der Waals surface area (Å²) in [6.45, 7) is 2.37. The highest BCUT2D eigenvalue weighted by Crippen LogP contribution is 2.35. The minimum atomic E-state index is -0.0593. The Bertz CT molecular complexity index is 642. The molecule has 3 rings (SSSR count). The molecule has 1 aromatic heterocycles. The van der Waals surface area contributed by atoms with Gasteiger partial charge in [-0.05, 0) is 50.7 Å². The van der Waals surface area contributed by atoms with Crippen LogP contribution in [0.15, 0.2) is 12.1 Å². The van der Waals surface area contributed by atoms with Gasteiger partial charge in [0.05, 0.1) is 17.2 Å². The molecular weight excluding hydrogens is 312 g/mol. The molecule has 122 valence electrons. The molecule has 2 N–H and O–H groups in total. The first kappa shape index (κ1) is 16.1. The van der Waals surface area contributed by atoms with E-state index in [1.54, 1.807) is 12.1 Å². The number of carbonyl (C=O) groups excluding carboxylic acids is 1. The van der Waals surface area contributed by atoms with Crippen LogP contribution in [0.3, 0.4) is 0 Å². The predicted octanol–water partition coefficient (Wildman–Crippen LogP) is 2.59. The lowest BCUT2D eigenvalue weighted by Gasteiger charge is -2.41. The van der Waals surface area contributed by atoms with Gasteiger partial charge in [0.2, 0.25) is 5.91 Å². The standard InChI is InChI=1S/C17H21ClN4O/c1-10-11(8-19)2-5-16(21-10)20-9-13-6-12-7-14(18)3-4-15(12)22-17(13)23/h2,5,12-15H,3-4,6-7,9H2,1H3,(H,20,21)(H,22,23). The van der Waals surface area contributed by atoms with Crippen LogP contribution in [-0.4, -0.2) is 28.9 Å². The summed E-state index contributed by atoms with van der Waals surface area (Å²) in [6.07, 6.45) is 3.83. The van der Waals surface area contributed by atoms with Gasteiger partial charge in [-0.2, -0.15) is 5.26 Å². The minimum Gasteiger partial charge on any atom is -0.369 e. The number of rotatable bonds is 3. The molecule has 2 heterocycles. The molecule has 4 unspecified atom stereocenters. The number of amides is 1. The lowest BCUT2D eigenvalue weighted by Crippen LogP contribution is -2.53. The number of aryl methyl sites for hydroxylation is 1. The Morgan fingerprint density at radius 3 is 3.00 bits per heavy atom. The number of carbonyl (C=O) groups is 1. The Morgan fingerprint density at radius 1 is 1.43 bits per heavy atom. The Labute approximate surface area is 141 Å². The van der Waals surface area contributed by atoms with Crippen molar-refractivity contribution in [3.05, 3.63) is 23.4 Å². The molecule has 0 bridgehead atoms. The van der Waals surface area contributed by atoms with E-state index >= 15 is 0 Å². The molecule has 4 atom stereocenters. The third-order valence-electron chi connectivity index (χ3n) is 4.94. The first-order valence-electron chi connectivity index (χ1n) is 8.13. The fourth-order valence-electron chi connectivity index (χ4n) is 3.61. The van der Waals surface area contributed by atoms with Crippen molar-refractivity contribution in [2.24, 2.45) is 11.8 Å². The number of nitrogens with zero attached hydrogens (tertiary/aromatic N) is 2. The zero-order chi connectivity index (χ0) is 16.4. The summed E-state index contributed by atoms with van der Waals surface area (Å²) in [7, 11) is 0. The number of piperidine rings is 1. The van der Waals surface area contributed by atoms with Gasteiger partial charge in [0.15, 0.2) is 0 Å². The van der Waals surface area contributed by atoms with Gasteiger partial charge in [-0.3, -0.25) is 4.79 Å². The third kappa shape index (κ3) is 3.59. The zero-order valence-electron chi connectivity index (χ0n) is 13.2. The van der Waals surface area contributed by atoms with E-state index in [1.165, 1.54) is 0 Å². The second-order valence-electron chi connectivity index (χ2n) is 6.54. The topological polar surface area (TPSA) is 77.8 Å². The Kier molecular flexibility index (Phi) is 4.72. The molecule has 6 heteroatoms. The number of hydrogen-bond acceptors (Lipinski definition) is 4. The maximum atomic E-state index is 12.3. The average Bonchev–Trinajstić information content (AvgIpc) is 2.53. The van der Waals surface area contributed by atoms with E-state index in [1.807, 2.05) is 6.92 Å². The number of hydrogen-bond donors (Lipinski definition) is 2. The first-order chi connectivity index (χ1) is 11.1. The van der Waals surface area contributed by atoms with Crippen molar-refractivity contribution < 1.29 is 4.79 Å². The van der Waals surface area contributed by atoms with Gasteiger partial charge >= 0.3 is 0 Å². The molecule has 1 saturated heterocycles. The Hall–Kier alpha value is -1.80. The van der Waals surface area contributed by atoms with Crippen molar-refractivity contribution >= 4 is 23.3 Å². The predicted molar refractivity (Wildman–Crippen MR) is 89.2 cm³/mol. The van der Waals surface area contributed by atoms with Gasteiger partial charge in [0, 0.05) is 18.0 Å². The number of anilines is 1. The van der Waals surface area contributed by atoms with Crippen molar-refractivity contribution in [3.8, 4) is 6.07 Å². The van der Waals surface area contributed by atoms with Gasteiger partial charge in [0.1, 0.15) is 11.9 Å². The first-order valence-corrected chi connectivity index (χ1v) is 8.56. The summed E-state index contributed by atoms with van der Waals surface area (Å²) < 4.78 is 0. The summed E-state index contributed by atoms with van der Waals surface area (Å²) in [5, 5.41) is 15.6. The van der Waals surface area contributed by atoms with E-state index in [9.17, 15) is 4.79 Å². The lowest BCUT2D eigenvalue weighted by molar-refractivity contribution is -0.129. The number of nitriles is 1. The largest absolute Gasteiger partial charge is 0.369 e.